The summed E-state index contributed by atoms with van der Waals surface area (Å²) >= 11 is 0. The average molecular weight is 189 g/mol. The number of carbonyl (C=O) groups excluding carboxylic acids is 1. The SMILES string of the molecule is COCCC(=O)NC(CO)C(C)C. The minimum Gasteiger partial charge on any atom is -0.394 e. The van der Waals surface area contributed by atoms with E-state index in [-0.39, 0.29) is 24.5 Å². The molecule has 0 saturated carbocycles. The van der Waals surface area contributed by atoms with Gasteiger partial charge in [0.15, 0.2) is 0 Å². The minimum absolute atomic E-state index is 0.0175. The predicted molar refractivity (Wildman–Crippen MR) is 50.3 cm³/mol. The van der Waals surface area contributed by atoms with Crippen LogP contribution in [0.25, 0.3) is 0 Å². The lowest BCUT2D eigenvalue weighted by molar-refractivity contribution is -0.123. The van der Waals surface area contributed by atoms with Gasteiger partial charge in [0.05, 0.1) is 19.3 Å². The van der Waals surface area contributed by atoms with Gasteiger partial charge in [0.2, 0.25) is 5.91 Å². The fraction of sp³-hybridized carbons (Fsp3) is 0.889. The number of carbonyl (C=O) groups is 1. The van der Waals surface area contributed by atoms with E-state index in [1.807, 2.05) is 13.8 Å². The van der Waals surface area contributed by atoms with Gasteiger partial charge in [-0.25, -0.2) is 0 Å². The lowest BCUT2D eigenvalue weighted by atomic mass is 10.1. The molecule has 1 amide bonds. The Morgan fingerprint density at radius 2 is 2.15 bits per heavy atom. The second kappa shape index (κ2) is 6.86. The van der Waals surface area contributed by atoms with Gasteiger partial charge in [-0.05, 0) is 5.92 Å². The van der Waals surface area contributed by atoms with Crippen molar-refractivity contribution in [2.45, 2.75) is 26.3 Å². The van der Waals surface area contributed by atoms with E-state index in [1.165, 1.54) is 0 Å². The van der Waals surface area contributed by atoms with E-state index in [1.54, 1.807) is 7.11 Å². The van der Waals surface area contributed by atoms with Crippen LogP contribution in [-0.4, -0.2) is 37.4 Å². The van der Waals surface area contributed by atoms with Crippen molar-refractivity contribution >= 4 is 5.91 Å². The summed E-state index contributed by atoms with van der Waals surface area (Å²) in [5.41, 5.74) is 0. The summed E-state index contributed by atoms with van der Waals surface area (Å²) in [4.78, 5) is 11.2. The molecule has 0 heterocycles. The Morgan fingerprint density at radius 3 is 2.54 bits per heavy atom. The molecule has 0 aliphatic rings. The van der Waals surface area contributed by atoms with Gasteiger partial charge in [0, 0.05) is 13.5 Å². The van der Waals surface area contributed by atoms with E-state index in [4.69, 9.17) is 9.84 Å². The zero-order valence-corrected chi connectivity index (χ0v) is 8.54. The van der Waals surface area contributed by atoms with E-state index in [9.17, 15) is 4.79 Å². The Morgan fingerprint density at radius 1 is 1.54 bits per heavy atom. The summed E-state index contributed by atoms with van der Waals surface area (Å²) in [7, 11) is 1.55. The monoisotopic (exact) mass is 189 g/mol. The van der Waals surface area contributed by atoms with Crippen LogP contribution in [0.5, 0.6) is 0 Å². The van der Waals surface area contributed by atoms with Crippen molar-refractivity contribution < 1.29 is 14.6 Å². The quantitative estimate of drug-likeness (QED) is 0.625. The molecule has 0 rings (SSSR count). The number of ether oxygens (including phenoxy) is 1. The summed E-state index contributed by atoms with van der Waals surface area (Å²) in [6.07, 6.45) is 0.347. The molecule has 0 aromatic rings. The molecule has 0 aromatic heterocycles. The molecule has 0 aliphatic carbocycles. The first-order valence-corrected chi connectivity index (χ1v) is 4.51. The van der Waals surface area contributed by atoms with Crippen LogP contribution >= 0.6 is 0 Å². The molecule has 0 fully saturated rings. The molecular weight excluding hydrogens is 170 g/mol. The van der Waals surface area contributed by atoms with E-state index < -0.39 is 0 Å². The third kappa shape index (κ3) is 5.60. The van der Waals surface area contributed by atoms with Crippen LogP contribution in [-0.2, 0) is 9.53 Å². The highest BCUT2D eigenvalue weighted by molar-refractivity contribution is 5.76. The minimum atomic E-state index is -0.149. The van der Waals surface area contributed by atoms with Crippen molar-refractivity contribution in [3.8, 4) is 0 Å². The molecule has 0 saturated heterocycles. The topological polar surface area (TPSA) is 58.6 Å². The Hall–Kier alpha value is -0.610. The molecule has 13 heavy (non-hydrogen) atoms. The molecule has 78 valence electrons. The predicted octanol–water partition coefficient (Wildman–Crippen LogP) is 0.156. The molecule has 0 bridgehead atoms. The van der Waals surface area contributed by atoms with Crippen molar-refractivity contribution in [1.82, 2.24) is 5.32 Å². The second-order valence-corrected chi connectivity index (χ2v) is 3.34. The van der Waals surface area contributed by atoms with Crippen LogP contribution in [0.4, 0.5) is 0 Å². The number of nitrogens with one attached hydrogen (secondary N) is 1. The molecule has 2 N–H and O–H groups in total. The van der Waals surface area contributed by atoms with Crippen LogP contribution in [0.1, 0.15) is 20.3 Å². The zero-order chi connectivity index (χ0) is 10.3. The Labute approximate surface area is 79.3 Å². The third-order valence-electron chi connectivity index (χ3n) is 1.88. The van der Waals surface area contributed by atoms with Gasteiger partial charge >= 0.3 is 0 Å². The lowest BCUT2D eigenvalue weighted by Crippen LogP contribution is -2.41. The number of methoxy groups -OCH3 is 1. The van der Waals surface area contributed by atoms with Crippen molar-refractivity contribution in [3.63, 3.8) is 0 Å². The smallest absolute Gasteiger partial charge is 0.222 e. The van der Waals surface area contributed by atoms with E-state index in [0.29, 0.717) is 13.0 Å². The van der Waals surface area contributed by atoms with Crippen LogP contribution < -0.4 is 5.32 Å². The van der Waals surface area contributed by atoms with Gasteiger partial charge in [0.1, 0.15) is 0 Å². The summed E-state index contributed by atoms with van der Waals surface area (Å²) in [6.45, 7) is 4.31. The number of aliphatic hydroxyl groups excluding tert-OH is 1. The van der Waals surface area contributed by atoms with Gasteiger partial charge in [-0.2, -0.15) is 0 Å². The van der Waals surface area contributed by atoms with Crippen molar-refractivity contribution in [3.05, 3.63) is 0 Å². The van der Waals surface area contributed by atoms with Gasteiger partial charge in [-0.3, -0.25) is 4.79 Å². The first kappa shape index (κ1) is 12.4. The normalized spacial score (nSPS) is 13.0. The molecule has 1 unspecified atom stereocenters. The van der Waals surface area contributed by atoms with Crippen molar-refractivity contribution in [2.24, 2.45) is 5.92 Å². The van der Waals surface area contributed by atoms with Crippen molar-refractivity contribution in [2.75, 3.05) is 20.3 Å². The summed E-state index contributed by atoms with van der Waals surface area (Å²) in [6, 6.07) is -0.149. The molecule has 0 radical (unpaired) electrons. The summed E-state index contributed by atoms with van der Waals surface area (Å²) in [5.74, 6) is 0.172. The number of hydrogen-bond acceptors (Lipinski definition) is 3. The Balaban J connectivity index is 3.73. The Bertz CT molecular complexity index is 148. The van der Waals surface area contributed by atoms with Gasteiger partial charge < -0.3 is 15.2 Å². The van der Waals surface area contributed by atoms with E-state index >= 15 is 0 Å². The van der Waals surface area contributed by atoms with Crippen LogP contribution in [0.2, 0.25) is 0 Å². The zero-order valence-electron chi connectivity index (χ0n) is 8.54. The molecule has 0 aromatic carbocycles. The van der Waals surface area contributed by atoms with E-state index in [0.717, 1.165) is 0 Å². The van der Waals surface area contributed by atoms with Gasteiger partial charge in [0.25, 0.3) is 0 Å². The molecular formula is C9H19NO3. The average Bonchev–Trinajstić information content (AvgIpc) is 2.10. The highest BCUT2D eigenvalue weighted by Crippen LogP contribution is 2.00. The molecule has 0 spiro atoms. The number of hydrogen-bond donors (Lipinski definition) is 2. The van der Waals surface area contributed by atoms with E-state index in [2.05, 4.69) is 5.32 Å². The van der Waals surface area contributed by atoms with Crippen LogP contribution in [0.15, 0.2) is 0 Å². The fourth-order valence-electron chi connectivity index (χ4n) is 0.897. The molecule has 4 heteroatoms. The molecule has 1 atom stereocenters. The second-order valence-electron chi connectivity index (χ2n) is 3.34. The van der Waals surface area contributed by atoms with Gasteiger partial charge in [-0.1, -0.05) is 13.8 Å². The highest BCUT2D eigenvalue weighted by atomic mass is 16.5. The molecule has 4 nitrogen and oxygen atoms in total. The fourth-order valence-corrected chi connectivity index (χ4v) is 0.897. The number of aliphatic hydroxyl groups is 1. The maximum absolute atomic E-state index is 11.2. The number of amides is 1. The first-order valence-electron chi connectivity index (χ1n) is 4.51. The van der Waals surface area contributed by atoms with Crippen LogP contribution in [0.3, 0.4) is 0 Å². The largest absolute Gasteiger partial charge is 0.394 e. The third-order valence-corrected chi connectivity index (χ3v) is 1.88. The molecule has 0 aliphatic heterocycles. The highest BCUT2D eigenvalue weighted by Gasteiger charge is 2.14. The first-order chi connectivity index (χ1) is 6.11. The maximum atomic E-state index is 11.2. The lowest BCUT2D eigenvalue weighted by Gasteiger charge is -2.19. The van der Waals surface area contributed by atoms with Gasteiger partial charge in [-0.15, -0.1) is 0 Å². The maximum Gasteiger partial charge on any atom is 0.222 e. The number of rotatable bonds is 6. The summed E-state index contributed by atoms with van der Waals surface area (Å²) < 4.78 is 4.76. The van der Waals surface area contributed by atoms with Crippen molar-refractivity contribution in [1.29, 1.82) is 0 Å². The summed E-state index contributed by atoms with van der Waals surface area (Å²) in [5, 5.41) is 11.7. The standard InChI is InChI=1S/C9H19NO3/c1-7(2)8(6-11)10-9(12)4-5-13-3/h7-8,11H,4-6H2,1-3H3,(H,10,12). The Kier molecular flexibility index (Phi) is 6.54. The van der Waals surface area contributed by atoms with Crippen LogP contribution in [0, 0.1) is 5.92 Å².